The summed E-state index contributed by atoms with van der Waals surface area (Å²) in [7, 11) is 1.53. The minimum absolute atomic E-state index is 0.122. The smallest absolute Gasteiger partial charge is 0.166 e. The predicted octanol–water partition coefficient (Wildman–Crippen LogP) is 4.05. The molecule has 2 aromatic carbocycles. The van der Waals surface area contributed by atoms with Crippen LogP contribution < -0.4 is 9.47 Å². The van der Waals surface area contributed by atoms with Gasteiger partial charge in [0, 0.05) is 10.0 Å². The number of ether oxygens (including phenoxy) is 2. The first kappa shape index (κ1) is 14.4. The second-order valence-electron chi connectivity index (χ2n) is 4.00. The van der Waals surface area contributed by atoms with Crippen molar-refractivity contribution in [2.24, 2.45) is 0 Å². The van der Waals surface area contributed by atoms with E-state index in [1.807, 2.05) is 6.07 Å². The van der Waals surface area contributed by atoms with Gasteiger partial charge in [-0.05, 0) is 36.4 Å². The topological polar surface area (TPSA) is 42.2 Å². The van der Waals surface area contributed by atoms with E-state index in [1.165, 1.54) is 13.2 Å². The molecule has 0 atom stereocenters. The Morgan fingerprint density at radius 2 is 1.95 bits per heavy atom. The quantitative estimate of drug-likeness (QED) is 0.846. The SMILES string of the molecule is COc1ccc(C#N)cc1COc1ccc(Br)cc1F. The van der Waals surface area contributed by atoms with E-state index in [0.29, 0.717) is 21.3 Å². The van der Waals surface area contributed by atoms with Gasteiger partial charge in [-0.15, -0.1) is 0 Å². The van der Waals surface area contributed by atoms with Gasteiger partial charge in [-0.3, -0.25) is 0 Å². The molecule has 0 saturated carbocycles. The van der Waals surface area contributed by atoms with Crippen molar-refractivity contribution >= 4 is 15.9 Å². The molecular formula is C15H11BrFNO2. The van der Waals surface area contributed by atoms with Crippen molar-refractivity contribution in [3.8, 4) is 17.6 Å². The van der Waals surface area contributed by atoms with E-state index in [1.54, 1.807) is 30.3 Å². The summed E-state index contributed by atoms with van der Waals surface area (Å²) in [4.78, 5) is 0. The van der Waals surface area contributed by atoms with Crippen LogP contribution >= 0.6 is 15.9 Å². The maximum atomic E-state index is 13.6. The van der Waals surface area contributed by atoms with Crippen LogP contribution in [-0.4, -0.2) is 7.11 Å². The van der Waals surface area contributed by atoms with Gasteiger partial charge in [0.15, 0.2) is 11.6 Å². The van der Waals surface area contributed by atoms with Crippen LogP contribution in [0, 0.1) is 17.1 Å². The number of hydrogen-bond donors (Lipinski definition) is 0. The Bertz CT molecular complexity index is 667. The van der Waals surface area contributed by atoms with Crippen molar-refractivity contribution in [3.63, 3.8) is 0 Å². The first-order chi connectivity index (χ1) is 9.63. The predicted molar refractivity (Wildman–Crippen MR) is 76.1 cm³/mol. The van der Waals surface area contributed by atoms with Crippen LogP contribution in [0.3, 0.4) is 0 Å². The van der Waals surface area contributed by atoms with Crippen LogP contribution in [0.25, 0.3) is 0 Å². The van der Waals surface area contributed by atoms with E-state index in [2.05, 4.69) is 15.9 Å². The fraction of sp³-hybridized carbons (Fsp3) is 0.133. The molecule has 0 aliphatic rings. The van der Waals surface area contributed by atoms with E-state index >= 15 is 0 Å². The van der Waals surface area contributed by atoms with Gasteiger partial charge in [-0.1, -0.05) is 15.9 Å². The third-order valence-electron chi connectivity index (χ3n) is 2.69. The van der Waals surface area contributed by atoms with Gasteiger partial charge in [0.05, 0.1) is 18.7 Å². The first-order valence-electron chi connectivity index (χ1n) is 5.79. The average molecular weight is 336 g/mol. The lowest BCUT2D eigenvalue weighted by Gasteiger charge is -2.11. The number of rotatable bonds is 4. The molecule has 0 heterocycles. The number of halogens is 2. The van der Waals surface area contributed by atoms with E-state index in [4.69, 9.17) is 14.7 Å². The molecule has 2 rings (SSSR count). The number of hydrogen-bond acceptors (Lipinski definition) is 3. The first-order valence-corrected chi connectivity index (χ1v) is 6.58. The summed E-state index contributed by atoms with van der Waals surface area (Å²) in [5, 5.41) is 8.89. The van der Waals surface area contributed by atoms with E-state index in [0.717, 1.165) is 0 Å². The van der Waals surface area contributed by atoms with Crippen molar-refractivity contribution in [2.75, 3.05) is 7.11 Å². The molecule has 5 heteroatoms. The Kier molecular flexibility index (Phi) is 4.59. The molecular weight excluding hydrogens is 325 g/mol. The van der Waals surface area contributed by atoms with Crippen molar-refractivity contribution < 1.29 is 13.9 Å². The largest absolute Gasteiger partial charge is 0.496 e. The molecule has 20 heavy (non-hydrogen) atoms. The highest BCUT2D eigenvalue weighted by atomic mass is 79.9. The summed E-state index contributed by atoms with van der Waals surface area (Å²) in [5.74, 6) is 0.300. The van der Waals surface area contributed by atoms with Gasteiger partial charge in [-0.25, -0.2) is 4.39 Å². The van der Waals surface area contributed by atoms with Gasteiger partial charge in [0.2, 0.25) is 0 Å². The van der Waals surface area contributed by atoms with Crippen molar-refractivity contribution in [1.82, 2.24) is 0 Å². The standard InChI is InChI=1S/C15H11BrFNO2/c1-19-14-4-2-10(8-18)6-11(14)9-20-15-5-3-12(16)7-13(15)17/h2-7H,9H2,1H3. The van der Waals surface area contributed by atoms with E-state index in [-0.39, 0.29) is 12.4 Å². The molecule has 0 spiro atoms. The highest BCUT2D eigenvalue weighted by Crippen LogP contribution is 2.25. The lowest BCUT2D eigenvalue weighted by atomic mass is 10.1. The maximum Gasteiger partial charge on any atom is 0.166 e. The number of benzene rings is 2. The molecule has 0 aromatic heterocycles. The Hall–Kier alpha value is -2.06. The molecule has 0 saturated heterocycles. The second-order valence-corrected chi connectivity index (χ2v) is 4.92. The molecule has 0 aliphatic heterocycles. The summed E-state index contributed by atoms with van der Waals surface area (Å²) in [5.41, 5.74) is 1.19. The highest BCUT2D eigenvalue weighted by Gasteiger charge is 2.08. The van der Waals surface area contributed by atoms with Crippen LogP contribution in [-0.2, 0) is 6.61 Å². The minimum Gasteiger partial charge on any atom is -0.496 e. The minimum atomic E-state index is -0.449. The zero-order valence-corrected chi connectivity index (χ0v) is 12.3. The molecule has 102 valence electrons. The van der Waals surface area contributed by atoms with Gasteiger partial charge >= 0.3 is 0 Å². The molecule has 0 amide bonds. The number of nitriles is 1. The van der Waals surface area contributed by atoms with E-state index in [9.17, 15) is 4.39 Å². The Balaban J connectivity index is 2.20. The zero-order chi connectivity index (χ0) is 14.5. The molecule has 3 nitrogen and oxygen atoms in total. The van der Waals surface area contributed by atoms with Gasteiger partial charge in [-0.2, -0.15) is 5.26 Å². The van der Waals surface area contributed by atoms with E-state index < -0.39 is 5.82 Å². The molecule has 0 fully saturated rings. The van der Waals surface area contributed by atoms with Crippen molar-refractivity contribution in [2.45, 2.75) is 6.61 Å². The third-order valence-corrected chi connectivity index (χ3v) is 3.18. The number of methoxy groups -OCH3 is 1. The fourth-order valence-corrected chi connectivity index (χ4v) is 2.04. The number of nitrogens with zero attached hydrogens (tertiary/aromatic N) is 1. The van der Waals surface area contributed by atoms with Gasteiger partial charge < -0.3 is 9.47 Å². The Labute approximate surface area is 124 Å². The zero-order valence-electron chi connectivity index (χ0n) is 10.7. The lowest BCUT2D eigenvalue weighted by molar-refractivity contribution is 0.282. The summed E-state index contributed by atoms with van der Waals surface area (Å²) >= 11 is 3.18. The van der Waals surface area contributed by atoms with Crippen molar-refractivity contribution in [3.05, 3.63) is 57.8 Å². The summed E-state index contributed by atoms with van der Waals surface area (Å²) < 4.78 is 24.9. The molecule has 2 aromatic rings. The van der Waals surface area contributed by atoms with Crippen LogP contribution in [0.15, 0.2) is 40.9 Å². The lowest BCUT2D eigenvalue weighted by Crippen LogP contribution is -2.00. The molecule has 0 radical (unpaired) electrons. The van der Waals surface area contributed by atoms with Crippen LogP contribution in [0.4, 0.5) is 4.39 Å². The summed E-state index contributed by atoms with van der Waals surface area (Å²) in [6, 6.07) is 11.6. The second kappa shape index (κ2) is 6.40. The third kappa shape index (κ3) is 3.28. The monoisotopic (exact) mass is 335 g/mol. The average Bonchev–Trinajstić information content (AvgIpc) is 2.46. The molecule has 0 bridgehead atoms. The van der Waals surface area contributed by atoms with Gasteiger partial charge in [0.25, 0.3) is 0 Å². The van der Waals surface area contributed by atoms with Crippen LogP contribution in [0.5, 0.6) is 11.5 Å². The van der Waals surface area contributed by atoms with Crippen molar-refractivity contribution in [1.29, 1.82) is 5.26 Å². The Morgan fingerprint density at radius 1 is 1.20 bits per heavy atom. The molecule has 0 unspecified atom stereocenters. The normalized spacial score (nSPS) is 9.90. The maximum absolute atomic E-state index is 13.6. The van der Waals surface area contributed by atoms with Gasteiger partial charge in [0.1, 0.15) is 12.4 Å². The van der Waals surface area contributed by atoms with Crippen LogP contribution in [0.1, 0.15) is 11.1 Å². The fourth-order valence-electron chi connectivity index (χ4n) is 1.71. The highest BCUT2D eigenvalue weighted by molar-refractivity contribution is 9.10. The van der Waals surface area contributed by atoms with Crippen LogP contribution in [0.2, 0.25) is 0 Å². The molecule has 0 N–H and O–H groups in total. The summed E-state index contributed by atoms with van der Waals surface area (Å²) in [6.45, 7) is 0.122. The molecule has 0 aliphatic carbocycles. The Morgan fingerprint density at radius 3 is 2.60 bits per heavy atom. The summed E-state index contributed by atoms with van der Waals surface area (Å²) in [6.07, 6.45) is 0.